The lowest BCUT2D eigenvalue weighted by Crippen LogP contribution is -2.41. The molecule has 2 N–H and O–H groups in total. The molecule has 3 rings (SSSR count). The molecule has 0 spiro atoms. The van der Waals surface area contributed by atoms with Gasteiger partial charge < -0.3 is 10.2 Å². The first kappa shape index (κ1) is 24.8. The van der Waals surface area contributed by atoms with E-state index in [2.05, 4.69) is 82.3 Å². The molecular weight excluding hydrogens is 586 g/mol. The van der Waals surface area contributed by atoms with E-state index in [1.807, 2.05) is 27.7 Å². The standard InChI is InChI=1S/C25H34O2.I2/c1-15-12-24(6,7)14-25(13-15,20-8-16(2)22(26)17(3)9-20)21-10-18(4)23(27)19(5)11-21;1-2/h8-11,15,26-27H,12-14H2,1-7H3;. The minimum atomic E-state index is -0.104. The Balaban J connectivity index is 0.00000145. The van der Waals surface area contributed by atoms with Crippen LogP contribution in [0.5, 0.6) is 11.5 Å². The maximum Gasteiger partial charge on any atom is 0.121 e. The van der Waals surface area contributed by atoms with Crippen molar-refractivity contribution in [3.8, 4) is 11.5 Å². The molecule has 2 aromatic carbocycles. The number of aryl methyl sites for hydroxylation is 4. The van der Waals surface area contributed by atoms with Crippen LogP contribution >= 0.6 is 37.2 Å². The van der Waals surface area contributed by atoms with E-state index in [0.29, 0.717) is 17.4 Å². The van der Waals surface area contributed by atoms with Crippen LogP contribution < -0.4 is 0 Å². The van der Waals surface area contributed by atoms with E-state index in [0.717, 1.165) is 35.1 Å². The minimum Gasteiger partial charge on any atom is -0.507 e. The van der Waals surface area contributed by atoms with Crippen LogP contribution in [-0.4, -0.2) is 10.2 Å². The van der Waals surface area contributed by atoms with Crippen LogP contribution in [0.1, 0.15) is 73.4 Å². The molecule has 2 aromatic rings. The van der Waals surface area contributed by atoms with Gasteiger partial charge in [0.2, 0.25) is 0 Å². The fourth-order valence-electron chi connectivity index (χ4n) is 5.64. The summed E-state index contributed by atoms with van der Waals surface area (Å²) in [7, 11) is 0. The van der Waals surface area contributed by atoms with Crippen molar-refractivity contribution in [2.75, 3.05) is 0 Å². The third kappa shape index (κ3) is 5.05. The predicted molar refractivity (Wildman–Crippen MR) is 141 cm³/mol. The monoisotopic (exact) mass is 620 g/mol. The number of phenolic OH excluding ortho intramolecular Hbond substituents is 2. The second-order valence-corrected chi connectivity index (χ2v) is 9.85. The first-order valence-electron chi connectivity index (χ1n) is 10.2. The normalized spacial score (nSPS) is 20.0. The van der Waals surface area contributed by atoms with Gasteiger partial charge in [-0.3, -0.25) is 0 Å². The van der Waals surface area contributed by atoms with Gasteiger partial charge in [-0.2, -0.15) is 0 Å². The summed E-state index contributed by atoms with van der Waals surface area (Å²) in [6.07, 6.45) is 3.38. The van der Waals surface area contributed by atoms with Crippen molar-refractivity contribution in [3.63, 3.8) is 0 Å². The lowest BCUT2D eigenvalue weighted by molar-refractivity contribution is 0.126. The zero-order valence-corrected chi connectivity index (χ0v) is 23.0. The molecule has 160 valence electrons. The third-order valence-electron chi connectivity index (χ3n) is 6.47. The molecule has 0 bridgehead atoms. The molecule has 2 nitrogen and oxygen atoms in total. The number of aromatic hydroxyl groups is 2. The van der Waals surface area contributed by atoms with Gasteiger partial charge in [0.15, 0.2) is 0 Å². The van der Waals surface area contributed by atoms with Crippen LogP contribution in [-0.2, 0) is 5.41 Å². The number of hydrogen-bond donors (Lipinski definition) is 2. The highest BCUT2D eigenvalue weighted by Crippen LogP contribution is 2.54. The van der Waals surface area contributed by atoms with Gasteiger partial charge in [0.25, 0.3) is 0 Å². The topological polar surface area (TPSA) is 40.5 Å². The Hall–Kier alpha value is -0.500. The number of hydrogen-bond acceptors (Lipinski definition) is 2. The lowest BCUT2D eigenvalue weighted by atomic mass is 9.55. The molecule has 1 unspecified atom stereocenters. The lowest BCUT2D eigenvalue weighted by Gasteiger charge is -2.49. The van der Waals surface area contributed by atoms with Gasteiger partial charge in [0, 0.05) is 42.6 Å². The van der Waals surface area contributed by atoms with Crippen molar-refractivity contribution >= 4 is 37.2 Å². The Bertz CT molecular complexity index is 783. The van der Waals surface area contributed by atoms with E-state index in [1.165, 1.54) is 17.5 Å². The first-order chi connectivity index (χ1) is 13.4. The van der Waals surface area contributed by atoms with E-state index >= 15 is 0 Å². The zero-order chi connectivity index (χ0) is 22.1. The summed E-state index contributed by atoms with van der Waals surface area (Å²) in [4.78, 5) is 0. The Morgan fingerprint density at radius 2 is 1.10 bits per heavy atom. The van der Waals surface area contributed by atoms with Crippen LogP contribution in [0.4, 0.5) is 0 Å². The Kier molecular flexibility index (Phi) is 7.97. The molecule has 0 radical (unpaired) electrons. The summed E-state index contributed by atoms with van der Waals surface area (Å²) in [5, 5.41) is 20.7. The predicted octanol–water partition coefficient (Wildman–Crippen LogP) is 8.24. The minimum absolute atomic E-state index is 0.104. The molecular formula is C25H34I2O2. The summed E-state index contributed by atoms with van der Waals surface area (Å²) < 4.78 is 0. The smallest absolute Gasteiger partial charge is 0.121 e. The molecule has 0 saturated heterocycles. The van der Waals surface area contributed by atoms with Gasteiger partial charge in [-0.25, -0.2) is 0 Å². The van der Waals surface area contributed by atoms with Crippen LogP contribution in [0.3, 0.4) is 0 Å². The number of halogens is 2. The van der Waals surface area contributed by atoms with Crippen molar-refractivity contribution in [3.05, 3.63) is 57.6 Å². The van der Waals surface area contributed by atoms with Crippen LogP contribution in [0.15, 0.2) is 24.3 Å². The van der Waals surface area contributed by atoms with E-state index in [1.54, 1.807) is 0 Å². The highest BCUT2D eigenvalue weighted by atomic mass is 128. The van der Waals surface area contributed by atoms with E-state index in [-0.39, 0.29) is 10.8 Å². The average Bonchev–Trinajstić information content (AvgIpc) is 2.63. The fraction of sp³-hybridized carbons (Fsp3) is 0.520. The highest BCUT2D eigenvalue weighted by molar-refractivity contribution is 15.0. The molecule has 1 fully saturated rings. The van der Waals surface area contributed by atoms with Gasteiger partial charge in [-0.1, -0.05) is 45.0 Å². The van der Waals surface area contributed by atoms with Crippen LogP contribution in [0.25, 0.3) is 0 Å². The molecule has 4 heteroatoms. The van der Waals surface area contributed by atoms with Crippen molar-refractivity contribution in [1.82, 2.24) is 0 Å². The van der Waals surface area contributed by atoms with Crippen molar-refractivity contribution in [2.24, 2.45) is 11.3 Å². The zero-order valence-electron chi connectivity index (χ0n) is 18.7. The van der Waals surface area contributed by atoms with Gasteiger partial charge in [-0.15, -0.1) is 0 Å². The SMILES string of the molecule is Cc1cc(C2(c3cc(C)c(O)c(C)c3)CC(C)CC(C)(C)C2)cc(C)c1O.II. The summed E-state index contributed by atoms with van der Waals surface area (Å²) >= 11 is 4.24. The van der Waals surface area contributed by atoms with E-state index < -0.39 is 0 Å². The van der Waals surface area contributed by atoms with Gasteiger partial charge in [0.1, 0.15) is 11.5 Å². The number of rotatable bonds is 2. The van der Waals surface area contributed by atoms with E-state index in [9.17, 15) is 10.2 Å². The molecule has 1 saturated carbocycles. The van der Waals surface area contributed by atoms with Crippen molar-refractivity contribution in [2.45, 2.75) is 73.1 Å². The van der Waals surface area contributed by atoms with Crippen LogP contribution in [0.2, 0.25) is 0 Å². The van der Waals surface area contributed by atoms with Gasteiger partial charge >= 0.3 is 0 Å². The molecule has 0 aliphatic heterocycles. The first-order valence-corrected chi connectivity index (χ1v) is 16.5. The number of benzene rings is 2. The maximum atomic E-state index is 10.3. The quantitative estimate of drug-likeness (QED) is 0.332. The summed E-state index contributed by atoms with van der Waals surface area (Å²) in [6.45, 7) is 15.1. The largest absolute Gasteiger partial charge is 0.507 e. The second-order valence-electron chi connectivity index (χ2n) is 9.85. The summed E-state index contributed by atoms with van der Waals surface area (Å²) in [5.74, 6) is 1.41. The van der Waals surface area contributed by atoms with Gasteiger partial charge in [-0.05, 0) is 91.7 Å². The van der Waals surface area contributed by atoms with Crippen molar-refractivity contribution in [1.29, 1.82) is 0 Å². The molecule has 1 aliphatic rings. The number of phenols is 2. The summed E-state index contributed by atoms with van der Waals surface area (Å²) in [5.41, 5.74) is 6.46. The second kappa shape index (κ2) is 9.33. The Morgan fingerprint density at radius 3 is 1.41 bits per heavy atom. The van der Waals surface area contributed by atoms with Crippen molar-refractivity contribution < 1.29 is 10.2 Å². The summed E-state index contributed by atoms with van der Waals surface area (Å²) in [6, 6.07) is 8.70. The van der Waals surface area contributed by atoms with E-state index in [4.69, 9.17) is 0 Å². The van der Waals surface area contributed by atoms with Crippen LogP contribution in [0, 0.1) is 39.0 Å². The Morgan fingerprint density at radius 1 is 0.759 bits per heavy atom. The van der Waals surface area contributed by atoms with Gasteiger partial charge in [0.05, 0.1) is 0 Å². The molecule has 0 aromatic heterocycles. The maximum absolute atomic E-state index is 10.3. The molecule has 0 heterocycles. The highest BCUT2D eigenvalue weighted by Gasteiger charge is 2.45. The molecule has 1 atom stereocenters. The third-order valence-corrected chi connectivity index (χ3v) is 6.47. The average molecular weight is 620 g/mol. The Labute approximate surface area is 199 Å². The molecule has 0 amide bonds. The molecule has 1 aliphatic carbocycles. The fourth-order valence-corrected chi connectivity index (χ4v) is 5.64. The molecule has 29 heavy (non-hydrogen) atoms.